The quantitative estimate of drug-likeness (QED) is 0.384. The highest BCUT2D eigenvalue weighted by molar-refractivity contribution is 5.74. The van der Waals surface area contributed by atoms with Crippen LogP contribution in [-0.2, 0) is 9.53 Å². The summed E-state index contributed by atoms with van der Waals surface area (Å²) in [6, 6.07) is -0.306. The fourth-order valence-corrected chi connectivity index (χ4v) is 0.437. The fourth-order valence-electron chi connectivity index (χ4n) is 0.437. The molecular weight excluding hydrogens is 120 g/mol. The van der Waals surface area contributed by atoms with E-state index in [2.05, 4.69) is 10.1 Å². The molecule has 9 heavy (non-hydrogen) atoms. The molecule has 0 saturated carbocycles. The number of nitrogens with two attached hydrogens (primary N) is 1. The third-order valence-corrected chi connectivity index (χ3v) is 0.979. The monoisotopic (exact) mass is 132 g/mol. The smallest absolute Gasteiger partial charge is 0.322 e. The molecule has 0 amide bonds. The summed E-state index contributed by atoms with van der Waals surface area (Å²) in [5.41, 5.74) is 5.10. The molecule has 0 heterocycles. The van der Waals surface area contributed by atoms with Crippen molar-refractivity contribution in [2.75, 3.05) is 13.8 Å². The minimum atomic E-state index is -0.306. The average Bonchev–Trinajstić information content (AvgIpc) is 1.87. The Kier molecular flexibility index (Phi) is 4.00. The Morgan fingerprint density at radius 3 is 2.78 bits per heavy atom. The Morgan fingerprint density at radius 2 is 2.44 bits per heavy atom. The first kappa shape index (κ1) is 8.39. The first-order valence-corrected chi connectivity index (χ1v) is 2.73. The first-order chi connectivity index (χ1) is 4.22. The molecule has 0 spiro atoms. The van der Waals surface area contributed by atoms with E-state index >= 15 is 0 Å². The van der Waals surface area contributed by atoms with Gasteiger partial charge in [-0.05, 0) is 6.92 Å². The molecule has 0 fully saturated rings. The Balaban J connectivity index is 3.45. The van der Waals surface area contributed by atoms with Crippen molar-refractivity contribution in [2.45, 2.75) is 13.0 Å². The van der Waals surface area contributed by atoms with Crippen LogP contribution >= 0.6 is 0 Å². The zero-order valence-electron chi connectivity index (χ0n) is 5.68. The molecular formula is C5H12N2O2. The lowest BCUT2D eigenvalue weighted by molar-refractivity contribution is -0.142. The zero-order valence-corrected chi connectivity index (χ0v) is 5.68. The van der Waals surface area contributed by atoms with Gasteiger partial charge in [0.05, 0.1) is 7.11 Å². The van der Waals surface area contributed by atoms with E-state index < -0.39 is 0 Å². The minimum Gasteiger partial charge on any atom is -0.468 e. The van der Waals surface area contributed by atoms with Crippen LogP contribution < -0.4 is 11.1 Å². The van der Waals surface area contributed by atoms with E-state index in [0.29, 0.717) is 0 Å². The summed E-state index contributed by atoms with van der Waals surface area (Å²) in [6.07, 6.45) is 0. The van der Waals surface area contributed by atoms with Gasteiger partial charge in [0, 0.05) is 6.67 Å². The van der Waals surface area contributed by atoms with Crippen molar-refractivity contribution < 1.29 is 9.53 Å². The third-order valence-electron chi connectivity index (χ3n) is 0.979. The SMILES string of the molecule is COC(=O)C(C)NCN. The number of ether oxygens (including phenoxy) is 1. The van der Waals surface area contributed by atoms with Gasteiger partial charge in [-0.1, -0.05) is 0 Å². The Bertz CT molecular complexity index is 95.0. The Morgan fingerprint density at radius 1 is 1.89 bits per heavy atom. The highest BCUT2D eigenvalue weighted by Gasteiger charge is 2.09. The van der Waals surface area contributed by atoms with Crippen LogP contribution in [0.4, 0.5) is 0 Å². The molecule has 0 aliphatic heterocycles. The molecule has 0 aliphatic carbocycles. The molecule has 0 aromatic rings. The molecule has 0 aliphatic rings. The molecule has 0 aromatic heterocycles. The van der Waals surface area contributed by atoms with Crippen LogP contribution in [0.5, 0.6) is 0 Å². The van der Waals surface area contributed by atoms with Crippen molar-refractivity contribution in [2.24, 2.45) is 5.73 Å². The largest absolute Gasteiger partial charge is 0.468 e. The van der Waals surface area contributed by atoms with Crippen molar-refractivity contribution in [3.05, 3.63) is 0 Å². The van der Waals surface area contributed by atoms with Crippen LogP contribution in [0.2, 0.25) is 0 Å². The molecule has 54 valence electrons. The molecule has 0 saturated heterocycles. The Hall–Kier alpha value is -0.610. The normalized spacial score (nSPS) is 12.8. The van der Waals surface area contributed by atoms with E-state index in [1.54, 1.807) is 6.92 Å². The van der Waals surface area contributed by atoms with E-state index in [9.17, 15) is 4.79 Å². The molecule has 1 unspecified atom stereocenters. The maximum atomic E-state index is 10.6. The van der Waals surface area contributed by atoms with Crippen LogP contribution in [0.1, 0.15) is 6.92 Å². The molecule has 3 N–H and O–H groups in total. The maximum absolute atomic E-state index is 10.6. The number of methoxy groups -OCH3 is 1. The third kappa shape index (κ3) is 3.05. The Labute approximate surface area is 54.4 Å². The van der Waals surface area contributed by atoms with Gasteiger partial charge in [-0.3, -0.25) is 10.1 Å². The van der Waals surface area contributed by atoms with Crippen molar-refractivity contribution >= 4 is 5.97 Å². The van der Waals surface area contributed by atoms with Crippen LogP contribution in [0.3, 0.4) is 0 Å². The second-order valence-corrected chi connectivity index (χ2v) is 1.65. The van der Waals surface area contributed by atoms with E-state index in [-0.39, 0.29) is 18.7 Å². The van der Waals surface area contributed by atoms with Gasteiger partial charge in [-0.15, -0.1) is 0 Å². The molecule has 4 nitrogen and oxygen atoms in total. The standard InChI is InChI=1S/C5H12N2O2/c1-4(7-3-6)5(8)9-2/h4,7H,3,6H2,1-2H3. The number of rotatable bonds is 3. The predicted octanol–water partition coefficient (Wildman–Crippen LogP) is -0.946. The summed E-state index contributed by atoms with van der Waals surface area (Å²) in [5, 5.41) is 2.70. The summed E-state index contributed by atoms with van der Waals surface area (Å²) >= 11 is 0. The number of carbonyl (C=O) groups excluding carboxylic acids is 1. The number of hydrogen-bond acceptors (Lipinski definition) is 4. The van der Waals surface area contributed by atoms with Gasteiger partial charge >= 0.3 is 5.97 Å². The van der Waals surface area contributed by atoms with Crippen molar-refractivity contribution in [1.29, 1.82) is 0 Å². The van der Waals surface area contributed by atoms with Crippen molar-refractivity contribution in [1.82, 2.24) is 5.32 Å². The van der Waals surface area contributed by atoms with Gasteiger partial charge < -0.3 is 10.5 Å². The van der Waals surface area contributed by atoms with E-state index in [4.69, 9.17) is 5.73 Å². The summed E-state index contributed by atoms with van der Waals surface area (Å²) in [6.45, 7) is 1.98. The van der Waals surface area contributed by atoms with Gasteiger partial charge in [-0.2, -0.15) is 0 Å². The maximum Gasteiger partial charge on any atom is 0.322 e. The van der Waals surface area contributed by atoms with Gasteiger partial charge in [0.15, 0.2) is 0 Å². The predicted molar refractivity (Wildman–Crippen MR) is 33.7 cm³/mol. The fraction of sp³-hybridized carbons (Fsp3) is 0.800. The molecule has 0 aromatic carbocycles. The number of hydrogen-bond donors (Lipinski definition) is 2. The second-order valence-electron chi connectivity index (χ2n) is 1.65. The van der Waals surface area contributed by atoms with Gasteiger partial charge in [0.2, 0.25) is 0 Å². The van der Waals surface area contributed by atoms with Crippen LogP contribution in [0.15, 0.2) is 0 Å². The highest BCUT2D eigenvalue weighted by Crippen LogP contribution is 1.82. The van der Waals surface area contributed by atoms with Gasteiger partial charge in [-0.25, -0.2) is 0 Å². The molecule has 1 atom stereocenters. The summed E-state index contributed by atoms with van der Waals surface area (Å²) < 4.78 is 4.41. The van der Waals surface area contributed by atoms with Gasteiger partial charge in [0.25, 0.3) is 0 Å². The van der Waals surface area contributed by atoms with E-state index in [1.807, 2.05) is 0 Å². The van der Waals surface area contributed by atoms with Gasteiger partial charge in [0.1, 0.15) is 6.04 Å². The number of esters is 1. The average molecular weight is 132 g/mol. The molecule has 0 radical (unpaired) electrons. The first-order valence-electron chi connectivity index (χ1n) is 2.73. The van der Waals surface area contributed by atoms with Crippen molar-refractivity contribution in [3.8, 4) is 0 Å². The van der Waals surface area contributed by atoms with Crippen molar-refractivity contribution in [3.63, 3.8) is 0 Å². The minimum absolute atomic E-state index is 0.288. The lowest BCUT2D eigenvalue weighted by Gasteiger charge is -2.07. The van der Waals surface area contributed by atoms with Crippen LogP contribution in [-0.4, -0.2) is 25.8 Å². The topological polar surface area (TPSA) is 64.3 Å². The zero-order chi connectivity index (χ0) is 7.28. The number of carbonyl (C=O) groups is 1. The number of nitrogens with one attached hydrogen (secondary N) is 1. The van der Waals surface area contributed by atoms with E-state index in [1.165, 1.54) is 7.11 Å². The summed E-state index contributed by atoms with van der Waals surface area (Å²) in [4.78, 5) is 10.6. The molecule has 0 bridgehead atoms. The highest BCUT2D eigenvalue weighted by atomic mass is 16.5. The van der Waals surface area contributed by atoms with Crippen LogP contribution in [0.25, 0.3) is 0 Å². The second kappa shape index (κ2) is 4.29. The van der Waals surface area contributed by atoms with E-state index in [0.717, 1.165) is 0 Å². The van der Waals surface area contributed by atoms with Crippen LogP contribution in [0, 0.1) is 0 Å². The lowest BCUT2D eigenvalue weighted by atomic mass is 10.3. The summed E-state index contributed by atoms with van der Waals surface area (Å²) in [7, 11) is 1.34. The lowest BCUT2D eigenvalue weighted by Crippen LogP contribution is -2.38. The molecule has 4 heteroatoms. The summed E-state index contributed by atoms with van der Waals surface area (Å²) in [5.74, 6) is -0.291. The molecule has 0 rings (SSSR count).